The zero-order chi connectivity index (χ0) is 14.9. The molecule has 2 aliphatic carbocycles. The molecule has 0 unspecified atom stereocenters. The normalized spacial score (nSPS) is 29.9. The zero-order valence-electron chi connectivity index (χ0n) is 12.9. The van der Waals surface area contributed by atoms with Crippen LogP contribution in [0.5, 0.6) is 0 Å². The Morgan fingerprint density at radius 2 is 1.90 bits per heavy atom. The van der Waals surface area contributed by atoms with Crippen molar-refractivity contribution in [1.82, 2.24) is 10.6 Å². The van der Waals surface area contributed by atoms with E-state index < -0.39 is 12.0 Å². The first kappa shape index (κ1) is 15.1. The van der Waals surface area contributed by atoms with Gasteiger partial charge < -0.3 is 15.4 Å². The van der Waals surface area contributed by atoms with Crippen molar-refractivity contribution < 1.29 is 14.3 Å². The van der Waals surface area contributed by atoms with E-state index in [0.29, 0.717) is 5.92 Å². The third kappa shape index (κ3) is 3.25. The molecule has 0 aromatic heterocycles. The Balaban J connectivity index is 1.90. The second-order valence-electron chi connectivity index (χ2n) is 7.22. The lowest BCUT2D eigenvalue weighted by molar-refractivity contribution is -0.145. The van der Waals surface area contributed by atoms with Gasteiger partial charge >= 0.3 is 12.0 Å². The number of fused-ring (bicyclic) bond motifs is 2. The maximum absolute atomic E-state index is 12.1. The van der Waals surface area contributed by atoms with Crippen molar-refractivity contribution in [2.75, 3.05) is 7.11 Å². The molecule has 5 nitrogen and oxygen atoms in total. The number of hydrogen-bond acceptors (Lipinski definition) is 3. The summed E-state index contributed by atoms with van der Waals surface area (Å²) in [6.45, 7) is 5.73. The van der Waals surface area contributed by atoms with E-state index in [2.05, 4.69) is 10.6 Å². The number of rotatable bonds is 3. The summed E-state index contributed by atoms with van der Waals surface area (Å²) in [7, 11) is 1.34. The van der Waals surface area contributed by atoms with Gasteiger partial charge in [0.1, 0.15) is 6.04 Å². The molecule has 5 heteroatoms. The van der Waals surface area contributed by atoms with Gasteiger partial charge in [0.2, 0.25) is 0 Å². The number of hydrogen-bond donors (Lipinski definition) is 2. The van der Waals surface area contributed by atoms with Crippen molar-refractivity contribution in [1.29, 1.82) is 0 Å². The molecule has 2 N–H and O–H groups in total. The van der Waals surface area contributed by atoms with Crippen LogP contribution in [-0.4, -0.2) is 31.2 Å². The van der Waals surface area contributed by atoms with Gasteiger partial charge in [-0.15, -0.1) is 0 Å². The molecule has 114 valence electrons. The van der Waals surface area contributed by atoms with Crippen molar-refractivity contribution in [3.63, 3.8) is 0 Å². The van der Waals surface area contributed by atoms with Crippen LogP contribution in [0.2, 0.25) is 0 Å². The SMILES string of the molecule is COC(=O)[C@@H](NC(=O)N[C@H]1C[C@H]2CC[C@H]1C2)C(C)(C)C. The summed E-state index contributed by atoms with van der Waals surface area (Å²) in [5.41, 5.74) is -0.376. The van der Waals surface area contributed by atoms with Crippen LogP contribution in [0.25, 0.3) is 0 Å². The van der Waals surface area contributed by atoms with E-state index in [0.717, 1.165) is 12.3 Å². The van der Waals surface area contributed by atoms with Crippen LogP contribution >= 0.6 is 0 Å². The molecule has 20 heavy (non-hydrogen) atoms. The third-order valence-electron chi connectivity index (χ3n) is 4.63. The van der Waals surface area contributed by atoms with Gasteiger partial charge in [0.25, 0.3) is 0 Å². The summed E-state index contributed by atoms with van der Waals surface area (Å²) in [6, 6.07) is -0.619. The van der Waals surface area contributed by atoms with Crippen LogP contribution in [0.4, 0.5) is 4.79 Å². The van der Waals surface area contributed by atoms with E-state index in [4.69, 9.17) is 4.74 Å². The Morgan fingerprint density at radius 1 is 1.20 bits per heavy atom. The first-order chi connectivity index (χ1) is 9.31. The Bertz CT molecular complexity index is 389. The number of esters is 1. The van der Waals surface area contributed by atoms with Crippen LogP contribution in [0.1, 0.15) is 46.5 Å². The minimum Gasteiger partial charge on any atom is -0.467 e. The van der Waals surface area contributed by atoms with Crippen LogP contribution in [0, 0.1) is 17.3 Å². The van der Waals surface area contributed by atoms with Gasteiger partial charge in [-0.3, -0.25) is 0 Å². The predicted octanol–water partition coefficient (Wildman–Crippen LogP) is 2.06. The molecule has 2 fully saturated rings. The lowest BCUT2D eigenvalue weighted by atomic mass is 9.87. The number of nitrogens with one attached hydrogen (secondary N) is 2. The van der Waals surface area contributed by atoms with E-state index in [1.165, 1.54) is 26.4 Å². The molecule has 0 aliphatic heterocycles. The molecule has 2 bridgehead atoms. The maximum Gasteiger partial charge on any atom is 0.328 e. The molecule has 0 heterocycles. The van der Waals surface area contributed by atoms with Gasteiger partial charge in [-0.25, -0.2) is 9.59 Å². The molecule has 4 atom stereocenters. The maximum atomic E-state index is 12.1. The molecule has 0 aromatic carbocycles. The number of carbonyl (C=O) groups is 2. The van der Waals surface area contributed by atoms with Crippen molar-refractivity contribution in [3.05, 3.63) is 0 Å². The second-order valence-corrected chi connectivity index (χ2v) is 7.22. The fourth-order valence-electron chi connectivity index (χ4n) is 3.51. The minimum atomic E-state index is -0.633. The fraction of sp³-hybridized carbons (Fsp3) is 0.867. The van der Waals surface area contributed by atoms with Crippen molar-refractivity contribution in [2.24, 2.45) is 17.3 Å². The fourth-order valence-corrected chi connectivity index (χ4v) is 3.51. The zero-order valence-corrected chi connectivity index (χ0v) is 12.9. The van der Waals surface area contributed by atoms with Crippen LogP contribution in [-0.2, 0) is 9.53 Å². The largest absolute Gasteiger partial charge is 0.467 e. The van der Waals surface area contributed by atoms with Gasteiger partial charge in [0.15, 0.2) is 0 Å². The van der Waals surface area contributed by atoms with Crippen LogP contribution in [0.15, 0.2) is 0 Å². The van der Waals surface area contributed by atoms with E-state index in [-0.39, 0.29) is 17.5 Å². The number of methoxy groups -OCH3 is 1. The molecule has 0 saturated heterocycles. The van der Waals surface area contributed by atoms with Crippen molar-refractivity contribution in [3.8, 4) is 0 Å². The minimum absolute atomic E-state index is 0.257. The predicted molar refractivity (Wildman–Crippen MR) is 76.2 cm³/mol. The molecule has 2 rings (SSSR count). The summed E-state index contributed by atoms with van der Waals surface area (Å²) in [6.07, 6.45) is 4.84. The molecular formula is C15H26N2O3. The van der Waals surface area contributed by atoms with E-state index in [1.54, 1.807) is 0 Å². The molecule has 0 radical (unpaired) electrons. The summed E-state index contributed by atoms with van der Waals surface area (Å²) in [4.78, 5) is 23.9. The van der Waals surface area contributed by atoms with E-state index in [1.807, 2.05) is 20.8 Å². The van der Waals surface area contributed by atoms with Gasteiger partial charge in [-0.05, 0) is 36.5 Å². The Kier molecular flexibility index (Phi) is 4.25. The molecule has 0 aromatic rings. The van der Waals surface area contributed by atoms with Gasteiger partial charge in [-0.1, -0.05) is 27.2 Å². The third-order valence-corrected chi connectivity index (χ3v) is 4.63. The quantitative estimate of drug-likeness (QED) is 0.779. The lowest BCUT2D eigenvalue weighted by Gasteiger charge is -2.30. The lowest BCUT2D eigenvalue weighted by Crippen LogP contribution is -2.54. The second kappa shape index (κ2) is 5.62. The first-order valence-electron chi connectivity index (χ1n) is 7.46. The standard InChI is InChI=1S/C15H26N2O3/c1-15(2,3)12(13(18)20-4)17-14(19)16-11-8-9-5-6-10(11)7-9/h9-12H,5-8H2,1-4H3,(H2,16,17,19)/t9-,10-,11-,12+/m0/s1. The van der Waals surface area contributed by atoms with Gasteiger partial charge in [-0.2, -0.15) is 0 Å². The molecule has 0 spiro atoms. The molecular weight excluding hydrogens is 256 g/mol. The van der Waals surface area contributed by atoms with Gasteiger partial charge in [0.05, 0.1) is 7.11 Å². The highest BCUT2D eigenvalue weighted by Gasteiger charge is 2.41. The highest BCUT2D eigenvalue weighted by molar-refractivity contribution is 5.84. The summed E-state index contributed by atoms with van der Waals surface area (Å²) >= 11 is 0. The van der Waals surface area contributed by atoms with E-state index >= 15 is 0 Å². The average molecular weight is 282 g/mol. The smallest absolute Gasteiger partial charge is 0.328 e. The molecule has 2 aliphatic rings. The van der Waals surface area contributed by atoms with Crippen LogP contribution < -0.4 is 10.6 Å². The number of urea groups is 1. The Hall–Kier alpha value is -1.26. The number of amides is 2. The Labute approximate surface area is 120 Å². The highest BCUT2D eigenvalue weighted by Crippen LogP contribution is 2.44. The van der Waals surface area contributed by atoms with Crippen LogP contribution in [0.3, 0.4) is 0 Å². The number of ether oxygens (including phenoxy) is 1. The average Bonchev–Trinajstić information content (AvgIpc) is 2.95. The van der Waals surface area contributed by atoms with Gasteiger partial charge in [0, 0.05) is 6.04 Å². The van der Waals surface area contributed by atoms with E-state index in [9.17, 15) is 9.59 Å². The van der Waals surface area contributed by atoms with Crippen molar-refractivity contribution >= 4 is 12.0 Å². The summed E-state index contributed by atoms with van der Waals surface area (Å²) < 4.78 is 4.78. The monoisotopic (exact) mass is 282 g/mol. The Morgan fingerprint density at radius 3 is 2.35 bits per heavy atom. The first-order valence-corrected chi connectivity index (χ1v) is 7.46. The molecule has 2 amide bonds. The summed E-state index contributed by atoms with van der Waals surface area (Å²) in [5, 5.41) is 5.80. The highest BCUT2D eigenvalue weighted by atomic mass is 16.5. The molecule has 2 saturated carbocycles. The number of carbonyl (C=O) groups excluding carboxylic acids is 2. The summed E-state index contributed by atoms with van der Waals surface area (Å²) in [5.74, 6) is 1.00. The topological polar surface area (TPSA) is 67.4 Å². The van der Waals surface area contributed by atoms with Crippen molar-refractivity contribution in [2.45, 2.75) is 58.5 Å².